The lowest BCUT2D eigenvalue weighted by Crippen LogP contribution is -2.64. The Labute approximate surface area is 110 Å². The summed E-state index contributed by atoms with van der Waals surface area (Å²) in [6.45, 7) is 4.77. The number of ether oxygens (including phenoxy) is 1. The van der Waals surface area contributed by atoms with Crippen LogP contribution >= 0.6 is 0 Å². The Kier molecular flexibility index (Phi) is 3.00. The van der Waals surface area contributed by atoms with Crippen LogP contribution in [0.3, 0.4) is 0 Å². The van der Waals surface area contributed by atoms with Crippen LogP contribution in [0.25, 0.3) is 0 Å². The van der Waals surface area contributed by atoms with E-state index < -0.39 is 28.9 Å². The number of aliphatic hydroxyl groups is 1. The molecule has 2 amide bonds. The fourth-order valence-electron chi connectivity index (χ4n) is 2.41. The molecule has 108 valence electrons. The normalized spacial score (nSPS) is 34.8. The highest BCUT2D eigenvalue weighted by molar-refractivity contribution is 5.90. The number of piperidine rings is 1. The van der Waals surface area contributed by atoms with Gasteiger partial charge in [0, 0.05) is 13.0 Å². The van der Waals surface area contributed by atoms with Crippen molar-refractivity contribution in [2.45, 2.75) is 44.1 Å². The Morgan fingerprint density at radius 3 is 2.74 bits per heavy atom. The Morgan fingerprint density at radius 1 is 1.53 bits per heavy atom. The highest BCUT2D eigenvalue weighted by Gasteiger charge is 2.64. The molecular formula is C12H19FN2O4. The van der Waals surface area contributed by atoms with Crippen LogP contribution in [0.15, 0.2) is 0 Å². The molecule has 0 aromatic carbocycles. The number of hydrogen-bond acceptors (Lipinski definition) is 4. The van der Waals surface area contributed by atoms with Crippen molar-refractivity contribution in [2.24, 2.45) is 0 Å². The molecule has 2 heterocycles. The molecule has 2 fully saturated rings. The van der Waals surface area contributed by atoms with Crippen LogP contribution in [0.5, 0.6) is 0 Å². The van der Waals surface area contributed by atoms with Crippen molar-refractivity contribution in [3.8, 4) is 0 Å². The van der Waals surface area contributed by atoms with Crippen molar-refractivity contribution in [2.75, 3.05) is 19.6 Å². The van der Waals surface area contributed by atoms with E-state index in [1.165, 1.54) is 4.90 Å². The van der Waals surface area contributed by atoms with Crippen molar-refractivity contribution in [1.29, 1.82) is 0 Å². The van der Waals surface area contributed by atoms with E-state index in [4.69, 9.17) is 4.74 Å². The van der Waals surface area contributed by atoms with E-state index >= 15 is 0 Å². The summed E-state index contributed by atoms with van der Waals surface area (Å²) < 4.78 is 19.6. The third kappa shape index (κ3) is 2.27. The molecule has 0 bridgehead atoms. The molecule has 6 nitrogen and oxygen atoms in total. The molecule has 2 rings (SSSR count). The summed E-state index contributed by atoms with van der Waals surface area (Å²) in [7, 11) is 0. The van der Waals surface area contributed by atoms with Gasteiger partial charge in [-0.25, -0.2) is 9.18 Å². The first-order chi connectivity index (χ1) is 8.57. The predicted molar refractivity (Wildman–Crippen MR) is 64.2 cm³/mol. The summed E-state index contributed by atoms with van der Waals surface area (Å²) in [6.07, 6.45) is -0.837. The minimum absolute atomic E-state index is 0.0428. The van der Waals surface area contributed by atoms with Gasteiger partial charge in [-0.1, -0.05) is 0 Å². The third-order valence-electron chi connectivity index (χ3n) is 3.47. The minimum Gasteiger partial charge on any atom is -0.444 e. The van der Waals surface area contributed by atoms with Gasteiger partial charge < -0.3 is 20.1 Å². The zero-order valence-electron chi connectivity index (χ0n) is 11.3. The fourth-order valence-corrected chi connectivity index (χ4v) is 2.41. The quantitative estimate of drug-likeness (QED) is 0.661. The number of fused-ring (bicyclic) bond motifs is 1. The molecule has 0 spiro atoms. The second-order valence-electron chi connectivity index (χ2n) is 6.17. The minimum atomic E-state index is -2.31. The number of β-amino-alcohol motifs (C(OH)–C–C–N with tert-alkyl or cyclic N) is 1. The van der Waals surface area contributed by atoms with Gasteiger partial charge in [0.15, 0.2) is 0 Å². The number of carbonyl (C=O) groups excluding carboxylic acids is 2. The van der Waals surface area contributed by atoms with Crippen molar-refractivity contribution >= 4 is 12.0 Å². The Balaban J connectivity index is 2.11. The largest absolute Gasteiger partial charge is 0.444 e. The number of nitrogens with zero attached hydrogens (tertiary/aromatic N) is 1. The smallest absolute Gasteiger partial charge is 0.410 e. The lowest BCUT2D eigenvalue weighted by Gasteiger charge is -2.42. The molecule has 0 saturated carbocycles. The van der Waals surface area contributed by atoms with Gasteiger partial charge in [-0.05, 0) is 20.8 Å². The molecule has 2 N–H and O–H groups in total. The van der Waals surface area contributed by atoms with E-state index in [2.05, 4.69) is 5.32 Å². The standard InChI is InChI=1S/C12H19FN2O4/c1-10(2,3)19-9(17)15-5-4-12(13)8(16)14-6-11(12,18)7-15/h18H,4-7H2,1-3H3,(H,14,16)/t11-,12-/m1/s1. The van der Waals surface area contributed by atoms with Gasteiger partial charge in [-0.2, -0.15) is 0 Å². The second-order valence-corrected chi connectivity index (χ2v) is 6.17. The Bertz CT molecular complexity index is 422. The first-order valence-electron chi connectivity index (χ1n) is 6.25. The highest BCUT2D eigenvalue weighted by atomic mass is 19.1. The van der Waals surface area contributed by atoms with E-state index in [-0.39, 0.29) is 26.1 Å². The average molecular weight is 274 g/mol. The molecule has 2 aliphatic heterocycles. The van der Waals surface area contributed by atoms with Gasteiger partial charge in [0.2, 0.25) is 5.67 Å². The lowest BCUT2D eigenvalue weighted by atomic mass is 9.81. The highest BCUT2D eigenvalue weighted by Crippen LogP contribution is 2.39. The van der Waals surface area contributed by atoms with Gasteiger partial charge in [0.05, 0.1) is 13.1 Å². The molecule has 2 aliphatic rings. The average Bonchev–Trinajstić information content (AvgIpc) is 2.49. The van der Waals surface area contributed by atoms with Crippen molar-refractivity contribution in [1.82, 2.24) is 10.2 Å². The van der Waals surface area contributed by atoms with Gasteiger partial charge in [0.25, 0.3) is 5.91 Å². The molecule has 2 atom stereocenters. The summed E-state index contributed by atoms with van der Waals surface area (Å²) in [6, 6.07) is 0. The molecule has 0 aliphatic carbocycles. The number of halogens is 1. The number of hydrogen-bond donors (Lipinski definition) is 2. The van der Waals surface area contributed by atoms with Crippen molar-refractivity contribution in [3.63, 3.8) is 0 Å². The Hall–Kier alpha value is -1.37. The zero-order valence-corrected chi connectivity index (χ0v) is 11.3. The zero-order chi connectivity index (χ0) is 14.5. The van der Waals surface area contributed by atoms with Crippen LogP contribution in [0.4, 0.5) is 9.18 Å². The van der Waals surface area contributed by atoms with Gasteiger partial charge in [-0.3, -0.25) is 4.79 Å². The van der Waals surface area contributed by atoms with Crippen molar-refractivity contribution < 1.29 is 23.8 Å². The van der Waals surface area contributed by atoms with Crippen LogP contribution in [0.1, 0.15) is 27.2 Å². The number of amides is 2. The molecule has 7 heteroatoms. The topological polar surface area (TPSA) is 78.9 Å². The fraction of sp³-hybridized carbons (Fsp3) is 0.833. The molecule has 2 saturated heterocycles. The first-order valence-corrected chi connectivity index (χ1v) is 6.25. The second kappa shape index (κ2) is 4.06. The lowest BCUT2D eigenvalue weighted by molar-refractivity contribution is -0.152. The summed E-state index contributed by atoms with van der Waals surface area (Å²) in [4.78, 5) is 24.6. The molecular weight excluding hydrogens is 255 g/mol. The summed E-state index contributed by atoms with van der Waals surface area (Å²) >= 11 is 0. The van der Waals surface area contributed by atoms with Gasteiger partial charge >= 0.3 is 6.09 Å². The predicted octanol–water partition coefficient (Wildman–Crippen LogP) is 0.196. The maximum atomic E-state index is 14.5. The first kappa shape index (κ1) is 14.0. The number of alkyl halides is 1. The molecule has 0 radical (unpaired) electrons. The molecule has 0 aromatic rings. The number of likely N-dealkylation sites (tertiary alicyclic amines) is 1. The maximum Gasteiger partial charge on any atom is 0.410 e. The summed E-state index contributed by atoms with van der Waals surface area (Å²) in [5.74, 6) is -0.807. The number of carbonyl (C=O) groups is 2. The van der Waals surface area contributed by atoms with Crippen LogP contribution in [-0.4, -0.2) is 58.5 Å². The summed E-state index contributed by atoms with van der Waals surface area (Å²) in [5.41, 5.74) is -4.85. The van der Waals surface area contributed by atoms with E-state index in [9.17, 15) is 19.1 Å². The van der Waals surface area contributed by atoms with Crippen LogP contribution < -0.4 is 5.32 Å². The van der Waals surface area contributed by atoms with Crippen LogP contribution in [0, 0.1) is 0 Å². The number of rotatable bonds is 0. The van der Waals surface area contributed by atoms with Crippen molar-refractivity contribution in [3.05, 3.63) is 0 Å². The van der Waals surface area contributed by atoms with Gasteiger partial charge in [0.1, 0.15) is 11.2 Å². The van der Waals surface area contributed by atoms with E-state index in [0.29, 0.717) is 0 Å². The number of nitrogens with one attached hydrogen (secondary N) is 1. The van der Waals surface area contributed by atoms with E-state index in [0.717, 1.165) is 0 Å². The summed E-state index contributed by atoms with van der Waals surface area (Å²) in [5, 5.41) is 12.6. The molecule has 0 aromatic heterocycles. The van der Waals surface area contributed by atoms with Crippen LogP contribution in [-0.2, 0) is 9.53 Å². The maximum absolute atomic E-state index is 14.5. The van der Waals surface area contributed by atoms with E-state index in [1.54, 1.807) is 20.8 Å². The van der Waals surface area contributed by atoms with Crippen LogP contribution in [0.2, 0.25) is 0 Å². The van der Waals surface area contributed by atoms with E-state index in [1.807, 2.05) is 0 Å². The molecule has 19 heavy (non-hydrogen) atoms. The monoisotopic (exact) mass is 274 g/mol. The molecule has 0 unspecified atom stereocenters. The van der Waals surface area contributed by atoms with Gasteiger partial charge in [-0.15, -0.1) is 0 Å². The Morgan fingerprint density at radius 2 is 2.16 bits per heavy atom. The SMILES string of the molecule is CC(C)(C)OC(=O)N1CC[C@@]2(F)C(=O)NC[C@@]2(O)C1. The third-order valence-corrected chi connectivity index (χ3v) is 3.47.